The van der Waals surface area contributed by atoms with Crippen molar-refractivity contribution in [2.24, 2.45) is 17.3 Å². The van der Waals surface area contributed by atoms with Gasteiger partial charge in [0.25, 0.3) is 0 Å². The summed E-state index contributed by atoms with van der Waals surface area (Å²) in [5.74, 6) is 1.59. The molecule has 1 saturated heterocycles. The Bertz CT molecular complexity index is 630. The third-order valence-corrected chi connectivity index (χ3v) is 5.93. The molecule has 1 saturated carbocycles. The average molecular weight is 401 g/mol. The van der Waals surface area contributed by atoms with E-state index >= 15 is 0 Å². The van der Waals surface area contributed by atoms with Gasteiger partial charge in [-0.15, -0.1) is 12.4 Å². The van der Waals surface area contributed by atoms with Crippen LogP contribution in [0.4, 0.5) is 0 Å². The largest absolute Gasteiger partial charge is 0.496 e. The highest BCUT2D eigenvalue weighted by Gasteiger charge is 2.57. The Morgan fingerprint density at radius 2 is 2.08 bits per heavy atom. The zero-order valence-corrected chi connectivity index (χ0v) is 17.4. The molecule has 2 N–H and O–H groups in total. The normalized spacial score (nSPS) is 21.8. The summed E-state index contributed by atoms with van der Waals surface area (Å²) >= 11 is 6.21. The first kappa shape index (κ1) is 21.3. The molecular formula is C20H30Cl2N2O2. The molecule has 26 heavy (non-hydrogen) atoms. The summed E-state index contributed by atoms with van der Waals surface area (Å²) < 4.78 is 5.51. The molecule has 1 spiro atoms. The van der Waals surface area contributed by atoms with Crippen molar-refractivity contribution >= 4 is 29.9 Å². The van der Waals surface area contributed by atoms with Crippen LogP contribution in [0, 0.1) is 17.3 Å². The quantitative estimate of drug-likeness (QED) is 0.745. The lowest BCUT2D eigenvalue weighted by atomic mass is 9.91. The molecule has 1 heterocycles. The minimum absolute atomic E-state index is 0. The van der Waals surface area contributed by atoms with Crippen LogP contribution in [0.5, 0.6) is 5.75 Å². The number of piperidine rings is 1. The molecule has 1 amide bonds. The summed E-state index contributed by atoms with van der Waals surface area (Å²) in [4.78, 5) is 12.9. The number of carbonyl (C=O) groups is 1. The van der Waals surface area contributed by atoms with Crippen molar-refractivity contribution in [2.45, 2.75) is 45.6 Å². The third-order valence-electron chi connectivity index (χ3n) is 5.70. The molecule has 1 aliphatic carbocycles. The summed E-state index contributed by atoms with van der Waals surface area (Å²) in [6.45, 7) is 6.39. The van der Waals surface area contributed by atoms with Gasteiger partial charge in [0, 0.05) is 16.5 Å². The van der Waals surface area contributed by atoms with Gasteiger partial charge in [0.1, 0.15) is 5.75 Å². The maximum absolute atomic E-state index is 12.9. The van der Waals surface area contributed by atoms with Gasteiger partial charge in [0.15, 0.2) is 0 Å². The molecule has 1 aliphatic heterocycles. The highest BCUT2D eigenvalue weighted by Crippen LogP contribution is 2.58. The summed E-state index contributed by atoms with van der Waals surface area (Å²) in [6, 6.07) is 5.55. The Morgan fingerprint density at radius 1 is 1.38 bits per heavy atom. The van der Waals surface area contributed by atoms with Crippen LogP contribution in [0.15, 0.2) is 18.2 Å². The van der Waals surface area contributed by atoms with E-state index in [2.05, 4.69) is 24.5 Å². The second-order valence-corrected chi connectivity index (χ2v) is 8.38. The van der Waals surface area contributed by atoms with Crippen molar-refractivity contribution in [1.82, 2.24) is 10.6 Å². The Balaban J connectivity index is 0.00000243. The molecular weight excluding hydrogens is 371 g/mol. The van der Waals surface area contributed by atoms with E-state index in [-0.39, 0.29) is 35.7 Å². The zero-order valence-electron chi connectivity index (χ0n) is 15.8. The van der Waals surface area contributed by atoms with Crippen LogP contribution >= 0.6 is 24.0 Å². The monoisotopic (exact) mass is 400 g/mol. The highest BCUT2D eigenvalue weighted by molar-refractivity contribution is 6.30. The lowest BCUT2D eigenvalue weighted by molar-refractivity contribution is -0.124. The number of hydrogen-bond donors (Lipinski definition) is 2. The summed E-state index contributed by atoms with van der Waals surface area (Å²) in [7, 11) is 1.66. The predicted molar refractivity (Wildman–Crippen MR) is 108 cm³/mol. The van der Waals surface area contributed by atoms with E-state index in [9.17, 15) is 4.79 Å². The van der Waals surface area contributed by atoms with Gasteiger partial charge < -0.3 is 15.4 Å². The molecule has 0 bridgehead atoms. The molecule has 2 atom stereocenters. The van der Waals surface area contributed by atoms with Crippen LogP contribution in [0.2, 0.25) is 5.02 Å². The Kier molecular flexibility index (Phi) is 7.23. The van der Waals surface area contributed by atoms with Crippen molar-refractivity contribution in [3.8, 4) is 5.75 Å². The number of methoxy groups -OCH3 is 1. The summed E-state index contributed by atoms with van der Waals surface area (Å²) in [5, 5.41) is 7.36. The van der Waals surface area contributed by atoms with Gasteiger partial charge in [0.05, 0.1) is 13.2 Å². The van der Waals surface area contributed by atoms with Crippen LogP contribution in [0.1, 0.15) is 51.1 Å². The van der Waals surface area contributed by atoms with Crippen molar-refractivity contribution < 1.29 is 9.53 Å². The molecule has 0 aromatic heterocycles. The molecule has 146 valence electrons. The van der Waals surface area contributed by atoms with Crippen LogP contribution in [-0.4, -0.2) is 26.1 Å². The lowest BCUT2D eigenvalue weighted by Crippen LogP contribution is -2.35. The molecule has 4 nitrogen and oxygen atoms in total. The van der Waals surface area contributed by atoms with E-state index in [0.717, 1.165) is 50.1 Å². The maximum Gasteiger partial charge on any atom is 0.224 e. The number of hydrogen-bond acceptors (Lipinski definition) is 3. The number of rotatable bonds is 6. The first-order valence-corrected chi connectivity index (χ1v) is 9.67. The molecule has 2 unspecified atom stereocenters. The minimum Gasteiger partial charge on any atom is -0.496 e. The molecule has 2 fully saturated rings. The summed E-state index contributed by atoms with van der Waals surface area (Å²) in [6.07, 6.45) is 4.12. The van der Waals surface area contributed by atoms with Crippen molar-refractivity contribution in [3.05, 3.63) is 28.8 Å². The van der Waals surface area contributed by atoms with E-state index < -0.39 is 0 Å². The highest BCUT2D eigenvalue weighted by atomic mass is 35.5. The smallest absolute Gasteiger partial charge is 0.224 e. The molecule has 1 aromatic rings. The maximum atomic E-state index is 12.9. The fourth-order valence-corrected chi connectivity index (χ4v) is 4.36. The number of benzene rings is 1. The van der Waals surface area contributed by atoms with Crippen molar-refractivity contribution in [1.29, 1.82) is 0 Å². The van der Waals surface area contributed by atoms with Crippen LogP contribution in [0.3, 0.4) is 0 Å². The zero-order chi connectivity index (χ0) is 18.0. The van der Waals surface area contributed by atoms with Crippen molar-refractivity contribution in [2.75, 3.05) is 20.2 Å². The average Bonchev–Trinajstić information content (AvgIpc) is 3.27. The van der Waals surface area contributed by atoms with Gasteiger partial charge in [-0.1, -0.05) is 25.4 Å². The topological polar surface area (TPSA) is 50.4 Å². The molecule has 3 rings (SSSR count). The van der Waals surface area contributed by atoms with E-state index in [1.54, 1.807) is 7.11 Å². The van der Waals surface area contributed by atoms with E-state index in [1.807, 2.05) is 18.2 Å². The second kappa shape index (κ2) is 8.81. The SMILES string of the molecule is COc1ccc(Cl)cc1C(CC(C)C)NC(=O)C1CC12CCNCC2.Cl. The molecule has 0 radical (unpaired) electrons. The van der Waals surface area contributed by atoms with E-state index in [0.29, 0.717) is 10.9 Å². The van der Waals surface area contributed by atoms with E-state index in [4.69, 9.17) is 16.3 Å². The first-order valence-electron chi connectivity index (χ1n) is 9.30. The second-order valence-electron chi connectivity index (χ2n) is 7.95. The molecule has 1 aromatic carbocycles. The summed E-state index contributed by atoms with van der Waals surface area (Å²) in [5.41, 5.74) is 1.22. The Labute approximate surface area is 167 Å². The molecule has 6 heteroatoms. The number of nitrogens with one attached hydrogen (secondary N) is 2. The molecule has 2 aliphatic rings. The van der Waals surface area contributed by atoms with Crippen LogP contribution < -0.4 is 15.4 Å². The number of ether oxygens (including phenoxy) is 1. The fraction of sp³-hybridized carbons (Fsp3) is 0.650. The van der Waals surface area contributed by atoms with Crippen molar-refractivity contribution in [3.63, 3.8) is 0 Å². The lowest BCUT2D eigenvalue weighted by Gasteiger charge is -2.26. The van der Waals surface area contributed by atoms with Gasteiger partial charge in [0.2, 0.25) is 5.91 Å². The van der Waals surface area contributed by atoms with Crippen LogP contribution in [-0.2, 0) is 4.79 Å². The van der Waals surface area contributed by atoms with Gasteiger partial charge in [-0.05, 0) is 68.3 Å². The number of halogens is 2. The number of carbonyl (C=O) groups excluding carboxylic acids is 1. The predicted octanol–water partition coefficient (Wildman–Crippen LogP) is 4.36. The van der Waals surface area contributed by atoms with E-state index in [1.165, 1.54) is 0 Å². The standard InChI is InChI=1S/C20H29ClN2O2.ClH/c1-13(2)10-17(15-11-14(21)4-5-18(15)25-3)23-19(24)16-12-20(16)6-8-22-9-7-20;/h4-5,11,13,16-17,22H,6-10,12H2,1-3H3,(H,23,24);1H. The Hall–Kier alpha value is -0.970. The van der Waals surface area contributed by atoms with Gasteiger partial charge in [-0.2, -0.15) is 0 Å². The third kappa shape index (κ3) is 4.65. The fourth-order valence-electron chi connectivity index (χ4n) is 4.18. The first-order chi connectivity index (χ1) is 11.9. The number of amides is 1. The minimum atomic E-state index is -0.0690. The Morgan fingerprint density at radius 3 is 2.69 bits per heavy atom. The van der Waals surface area contributed by atoms with Gasteiger partial charge in [-0.3, -0.25) is 4.79 Å². The van der Waals surface area contributed by atoms with Gasteiger partial charge in [-0.25, -0.2) is 0 Å². The van der Waals surface area contributed by atoms with Crippen LogP contribution in [0.25, 0.3) is 0 Å². The van der Waals surface area contributed by atoms with Gasteiger partial charge >= 0.3 is 0 Å².